The van der Waals surface area contributed by atoms with Gasteiger partial charge in [0.1, 0.15) is 29.6 Å². The molecule has 13 heteroatoms. The number of fused-ring (bicyclic) bond motifs is 1. The molecule has 0 fully saturated rings. The molecule has 0 spiro atoms. The first-order chi connectivity index (χ1) is 18.7. The van der Waals surface area contributed by atoms with Crippen molar-refractivity contribution in [3.63, 3.8) is 0 Å². The molecule has 3 aromatic heterocycles. The molecule has 0 unspecified atom stereocenters. The smallest absolute Gasteiger partial charge is 0.389 e. The van der Waals surface area contributed by atoms with Crippen LogP contribution < -0.4 is 4.74 Å². The van der Waals surface area contributed by atoms with Gasteiger partial charge in [-0.2, -0.15) is 18.4 Å². The normalized spacial score (nSPS) is 13.7. The van der Waals surface area contributed by atoms with Gasteiger partial charge in [0.15, 0.2) is 5.89 Å². The number of alkyl halides is 3. The molecular formula is C26H25F3N6O4. The molecule has 1 aliphatic rings. The zero-order valence-corrected chi connectivity index (χ0v) is 21.0. The molecule has 5 rings (SSSR count). The van der Waals surface area contributed by atoms with Gasteiger partial charge in [-0.25, -0.2) is 4.98 Å². The fraction of sp³-hybridized carbons (Fsp3) is 0.346. The number of H-pyrrole nitrogens is 1. The number of amides is 1. The van der Waals surface area contributed by atoms with Crippen LogP contribution in [0.1, 0.15) is 47.1 Å². The van der Waals surface area contributed by atoms with E-state index in [-0.39, 0.29) is 31.2 Å². The zero-order chi connectivity index (χ0) is 27.4. The number of halogens is 3. The van der Waals surface area contributed by atoms with Crippen LogP contribution in [0, 0.1) is 6.92 Å². The van der Waals surface area contributed by atoms with Crippen molar-refractivity contribution in [3.05, 3.63) is 70.8 Å². The number of oxazole rings is 1. The maximum absolute atomic E-state index is 12.8. The number of tetrazole rings is 1. The number of aromatic nitrogens is 5. The minimum absolute atomic E-state index is 0.0206. The monoisotopic (exact) mass is 542 g/mol. The number of nitrogens with one attached hydrogen (secondary N) is 1. The molecule has 0 bridgehead atoms. The Morgan fingerprint density at radius 1 is 1.28 bits per heavy atom. The highest BCUT2D eigenvalue weighted by atomic mass is 19.4. The number of hydrogen-bond acceptors (Lipinski definition) is 8. The predicted molar refractivity (Wildman–Crippen MR) is 131 cm³/mol. The summed E-state index contributed by atoms with van der Waals surface area (Å²) < 4.78 is 54.3. The molecule has 1 amide bonds. The molecule has 0 aliphatic carbocycles. The topological polar surface area (TPSA) is 123 Å². The van der Waals surface area contributed by atoms with Crippen LogP contribution in [-0.2, 0) is 30.8 Å². The molecule has 0 atom stereocenters. The van der Waals surface area contributed by atoms with Crippen LogP contribution in [-0.4, -0.2) is 49.1 Å². The van der Waals surface area contributed by atoms with Crippen LogP contribution in [0.4, 0.5) is 13.2 Å². The van der Waals surface area contributed by atoms with Crippen molar-refractivity contribution in [3.8, 4) is 17.1 Å². The number of aryl methyl sites for hydroxylation is 2. The van der Waals surface area contributed by atoms with Crippen molar-refractivity contribution in [1.82, 2.24) is 30.5 Å². The van der Waals surface area contributed by atoms with Crippen molar-refractivity contribution in [2.45, 2.75) is 51.9 Å². The predicted octanol–water partition coefficient (Wildman–Crippen LogP) is 4.82. The summed E-state index contributed by atoms with van der Waals surface area (Å²) >= 11 is 0. The lowest BCUT2D eigenvalue weighted by Gasteiger charge is -2.29. The minimum Gasteiger partial charge on any atom is -0.486 e. The molecule has 1 aliphatic heterocycles. The Labute approximate surface area is 220 Å². The van der Waals surface area contributed by atoms with Crippen molar-refractivity contribution >= 4 is 12.0 Å². The lowest BCUT2D eigenvalue weighted by atomic mass is 9.96. The molecule has 0 saturated carbocycles. The van der Waals surface area contributed by atoms with Gasteiger partial charge in [0.05, 0.1) is 11.8 Å². The first kappa shape index (κ1) is 26.2. The SMILES string of the molecule is Cc1oc(CCCC(F)(F)F)nc1COc1cc2c(cc1-c1nn[nH]n1)CCN(C(=O)/C=C/c1ccco1)C2. The molecule has 4 heterocycles. The second-order valence-electron chi connectivity index (χ2n) is 9.08. The van der Waals surface area contributed by atoms with Crippen LogP contribution in [0.2, 0.25) is 0 Å². The number of rotatable bonds is 9. The average molecular weight is 543 g/mol. The minimum atomic E-state index is -4.22. The summed E-state index contributed by atoms with van der Waals surface area (Å²) in [6, 6.07) is 7.28. The lowest BCUT2D eigenvalue weighted by molar-refractivity contribution is -0.135. The average Bonchev–Trinajstić information content (AvgIpc) is 3.67. The Hall–Kier alpha value is -4.42. The summed E-state index contributed by atoms with van der Waals surface area (Å²) in [5.74, 6) is 1.95. The maximum Gasteiger partial charge on any atom is 0.389 e. The molecule has 1 aromatic carbocycles. The van der Waals surface area contributed by atoms with Crippen LogP contribution in [0.15, 0.2) is 45.4 Å². The van der Waals surface area contributed by atoms with Crippen LogP contribution in [0.5, 0.6) is 5.75 Å². The Kier molecular flexibility index (Phi) is 7.48. The first-order valence-corrected chi connectivity index (χ1v) is 12.3. The Bertz CT molecular complexity index is 1450. The van der Waals surface area contributed by atoms with Gasteiger partial charge in [-0.15, -0.1) is 10.2 Å². The summed E-state index contributed by atoms with van der Waals surface area (Å²) in [5.41, 5.74) is 3.04. The van der Waals surface area contributed by atoms with E-state index in [1.54, 1.807) is 36.3 Å². The van der Waals surface area contributed by atoms with E-state index in [1.165, 1.54) is 6.08 Å². The quantitative estimate of drug-likeness (QED) is 0.299. The van der Waals surface area contributed by atoms with Crippen LogP contribution >= 0.6 is 0 Å². The summed E-state index contributed by atoms with van der Waals surface area (Å²) in [6.45, 7) is 2.62. The summed E-state index contributed by atoms with van der Waals surface area (Å²) in [5, 5.41) is 14.2. The summed E-state index contributed by atoms with van der Waals surface area (Å²) in [7, 11) is 0. The number of carbonyl (C=O) groups is 1. The number of furan rings is 1. The number of nitrogens with zero attached hydrogens (tertiary/aromatic N) is 5. The second-order valence-corrected chi connectivity index (χ2v) is 9.08. The fourth-order valence-electron chi connectivity index (χ4n) is 4.30. The first-order valence-electron chi connectivity index (χ1n) is 12.3. The van der Waals surface area contributed by atoms with Crippen molar-refractivity contribution in [1.29, 1.82) is 0 Å². The number of carbonyl (C=O) groups excluding carboxylic acids is 1. The van der Waals surface area contributed by atoms with Gasteiger partial charge in [0.25, 0.3) is 0 Å². The molecular weight excluding hydrogens is 517 g/mol. The highest BCUT2D eigenvalue weighted by molar-refractivity contribution is 5.91. The molecule has 1 N–H and O–H groups in total. The van der Waals surface area contributed by atoms with Crippen molar-refractivity contribution < 1.29 is 31.5 Å². The molecule has 204 valence electrons. The van der Waals surface area contributed by atoms with E-state index in [9.17, 15) is 18.0 Å². The second kappa shape index (κ2) is 11.1. The molecule has 39 heavy (non-hydrogen) atoms. The van der Waals surface area contributed by atoms with Gasteiger partial charge in [0.2, 0.25) is 11.7 Å². The summed E-state index contributed by atoms with van der Waals surface area (Å²) in [4.78, 5) is 18.8. The van der Waals surface area contributed by atoms with E-state index in [4.69, 9.17) is 13.6 Å². The van der Waals surface area contributed by atoms with E-state index < -0.39 is 12.6 Å². The maximum atomic E-state index is 12.8. The van der Waals surface area contributed by atoms with Crippen molar-refractivity contribution in [2.24, 2.45) is 0 Å². The Morgan fingerprint density at radius 3 is 2.90 bits per heavy atom. The van der Waals surface area contributed by atoms with Gasteiger partial charge in [-0.1, -0.05) is 0 Å². The molecule has 0 radical (unpaired) electrons. The number of benzene rings is 1. The van der Waals surface area contributed by atoms with E-state index in [0.717, 1.165) is 11.1 Å². The number of ether oxygens (including phenoxy) is 1. The largest absolute Gasteiger partial charge is 0.486 e. The highest BCUT2D eigenvalue weighted by Crippen LogP contribution is 2.34. The lowest BCUT2D eigenvalue weighted by Crippen LogP contribution is -2.34. The van der Waals surface area contributed by atoms with Gasteiger partial charge >= 0.3 is 6.18 Å². The van der Waals surface area contributed by atoms with E-state index in [2.05, 4.69) is 25.6 Å². The Balaban J connectivity index is 1.32. The van der Waals surface area contributed by atoms with Gasteiger partial charge in [-0.3, -0.25) is 4.79 Å². The van der Waals surface area contributed by atoms with Gasteiger partial charge in [-0.05, 0) is 66.4 Å². The third-order valence-electron chi connectivity index (χ3n) is 6.30. The molecule has 4 aromatic rings. The molecule has 0 saturated heterocycles. The standard InChI is InChI=1S/C26H25F3N6O4/c1-16-21(30-23(39-16)5-2-9-26(27,28)29)15-38-22-13-18-14-35(24(36)7-6-19-4-3-11-37-19)10-8-17(18)12-20(22)25-31-33-34-32-25/h3-4,6-7,11-13H,2,5,8-10,14-15H2,1H3,(H,31,32,33,34)/b7-6+. The van der Waals surface area contributed by atoms with Crippen molar-refractivity contribution in [2.75, 3.05) is 6.54 Å². The third kappa shape index (κ3) is 6.54. The van der Waals surface area contributed by atoms with Crippen LogP contribution in [0.3, 0.4) is 0 Å². The van der Waals surface area contributed by atoms with E-state index >= 15 is 0 Å². The van der Waals surface area contributed by atoms with Gasteiger partial charge < -0.3 is 18.5 Å². The number of hydrogen-bond donors (Lipinski definition) is 1. The van der Waals surface area contributed by atoms with Crippen LogP contribution in [0.25, 0.3) is 17.5 Å². The van der Waals surface area contributed by atoms with E-state index in [0.29, 0.717) is 53.9 Å². The summed E-state index contributed by atoms with van der Waals surface area (Å²) in [6.07, 6.45) is 0.124. The van der Waals surface area contributed by atoms with E-state index in [1.807, 2.05) is 12.1 Å². The third-order valence-corrected chi connectivity index (χ3v) is 6.30. The number of aromatic amines is 1. The Morgan fingerprint density at radius 2 is 2.15 bits per heavy atom. The molecule has 10 nitrogen and oxygen atoms in total. The van der Waals surface area contributed by atoms with Gasteiger partial charge in [0, 0.05) is 32.0 Å². The zero-order valence-electron chi connectivity index (χ0n) is 21.0. The highest BCUT2D eigenvalue weighted by Gasteiger charge is 2.27. The fourth-order valence-corrected chi connectivity index (χ4v) is 4.30.